The highest BCUT2D eigenvalue weighted by Gasteiger charge is 2.15. The molecule has 0 amide bonds. The first-order chi connectivity index (χ1) is 10.6. The average Bonchev–Trinajstić information content (AvgIpc) is 3.01. The van der Waals surface area contributed by atoms with Gasteiger partial charge in [-0.25, -0.2) is 4.79 Å². The Morgan fingerprint density at radius 3 is 2.68 bits per heavy atom. The van der Waals surface area contributed by atoms with Gasteiger partial charge in [0.15, 0.2) is 0 Å². The van der Waals surface area contributed by atoms with Gasteiger partial charge in [-0.3, -0.25) is 5.87 Å². The lowest BCUT2D eigenvalue weighted by molar-refractivity contribution is -0.140. The summed E-state index contributed by atoms with van der Waals surface area (Å²) in [5.74, 6) is 1.40. The zero-order chi connectivity index (χ0) is 15.9. The van der Waals surface area contributed by atoms with E-state index in [1.807, 2.05) is 0 Å². The summed E-state index contributed by atoms with van der Waals surface area (Å²) >= 11 is 10.8. The number of halogens is 1. The molecule has 0 aliphatic heterocycles. The van der Waals surface area contributed by atoms with E-state index >= 15 is 0 Å². The number of nitrogens with one attached hydrogen (secondary N) is 1. The van der Waals surface area contributed by atoms with Gasteiger partial charge in [0.05, 0.1) is 6.26 Å². The minimum atomic E-state index is -0.814. The number of carbonyl (C=O) groups is 1. The van der Waals surface area contributed by atoms with Gasteiger partial charge in [-0.05, 0) is 36.4 Å². The van der Waals surface area contributed by atoms with Crippen molar-refractivity contribution in [1.82, 2.24) is 0 Å². The Morgan fingerprint density at radius 2 is 2.09 bits per heavy atom. The summed E-state index contributed by atoms with van der Waals surface area (Å²) in [4.78, 5) is 11.9. The maximum absolute atomic E-state index is 11.9. The first kappa shape index (κ1) is 16.0. The Kier molecular flexibility index (Phi) is 5.49. The molecule has 0 unspecified atom stereocenters. The molecule has 1 aromatic heterocycles. The molecule has 0 saturated heterocycles. The van der Waals surface area contributed by atoms with E-state index in [9.17, 15) is 4.79 Å². The molecule has 112 valence electrons. The molecule has 2 rings (SSSR count). The fourth-order valence-corrected chi connectivity index (χ4v) is 1.89. The summed E-state index contributed by atoms with van der Waals surface area (Å²) in [6, 6.07) is 10.0. The van der Waals surface area contributed by atoms with Crippen LogP contribution in [0.2, 0.25) is 5.02 Å². The van der Waals surface area contributed by atoms with Crippen LogP contribution in [0.4, 0.5) is 5.69 Å². The van der Waals surface area contributed by atoms with Crippen molar-refractivity contribution in [3.63, 3.8) is 0 Å². The number of benzene rings is 1. The van der Waals surface area contributed by atoms with Gasteiger partial charge >= 0.3 is 5.97 Å². The number of carbonyl (C=O) groups excluding carboxylic acids is 1. The predicted molar refractivity (Wildman–Crippen MR) is 88.1 cm³/mol. The van der Waals surface area contributed by atoms with Gasteiger partial charge < -0.3 is 19.9 Å². The Balaban J connectivity index is 1.98. The third-order valence-electron chi connectivity index (χ3n) is 2.57. The molecule has 5 nitrogen and oxygen atoms in total. The number of hydrogen-bond acceptors (Lipinski definition) is 4. The van der Waals surface area contributed by atoms with Gasteiger partial charge in [-0.1, -0.05) is 23.8 Å². The molecule has 7 heteroatoms. The second-order valence-corrected chi connectivity index (χ2v) is 4.95. The van der Waals surface area contributed by atoms with Crippen molar-refractivity contribution >= 4 is 46.3 Å². The molecule has 0 aliphatic carbocycles. The van der Waals surface area contributed by atoms with E-state index in [2.05, 4.69) is 5.32 Å². The molecule has 2 aromatic rings. The zero-order valence-corrected chi connectivity index (χ0v) is 12.8. The van der Waals surface area contributed by atoms with Gasteiger partial charge in [-0.15, -0.1) is 0 Å². The fourth-order valence-electron chi connectivity index (χ4n) is 1.52. The van der Waals surface area contributed by atoms with E-state index in [0.29, 0.717) is 16.5 Å². The molecule has 1 N–H and O–H groups in total. The molecule has 0 fully saturated rings. The van der Waals surface area contributed by atoms with Gasteiger partial charge in [0.2, 0.25) is 0 Å². The molecular weight excluding hydrogens is 324 g/mol. The monoisotopic (exact) mass is 333 g/mol. The van der Waals surface area contributed by atoms with E-state index in [-0.39, 0.29) is 17.2 Å². The van der Waals surface area contributed by atoms with E-state index in [4.69, 9.17) is 38.4 Å². The Morgan fingerprint density at radius 1 is 1.36 bits per heavy atom. The second-order valence-electron chi connectivity index (χ2n) is 4.10. The van der Waals surface area contributed by atoms with E-state index in [1.165, 1.54) is 6.26 Å². The normalized spacial score (nSPS) is 9.68. The van der Waals surface area contributed by atoms with Crippen molar-refractivity contribution in [2.45, 2.75) is 6.61 Å². The van der Waals surface area contributed by atoms with Crippen LogP contribution < -0.4 is 5.32 Å². The average molecular weight is 334 g/mol. The Bertz CT molecular complexity index is 720. The highest BCUT2D eigenvalue weighted by Crippen LogP contribution is 2.15. The first-order valence-electron chi connectivity index (χ1n) is 6.13. The number of ether oxygens (including phenoxy) is 1. The van der Waals surface area contributed by atoms with Crippen molar-refractivity contribution in [2.75, 3.05) is 5.32 Å². The molecule has 0 bridgehead atoms. The lowest BCUT2D eigenvalue weighted by atomic mass is 10.2. The summed E-state index contributed by atoms with van der Waals surface area (Å²) in [5.41, 5.74) is 0.331. The minimum Gasteiger partial charge on any atom is -0.762 e. The Labute approximate surface area is 137 Å². The SMILES string of the molecule is [N-]=C=C(C(=O)OCc1ccco1)C(=S)Nc1ccc(Cl)cc1. The topological polar surface area (TPSA) is 73.8 Å². The number of thiocarbonyl (C=S) groups is 1. The highest BCUT2D eigenvalue weighted by atomic mass is 35.5. The van der Waals surface area contributed by atoms with Crippen LogP contribution in [0, 0.1) is 0 Å². The lowest BCUT2D eigenvalue weighted by Gasteiger charge is -2.10. The maximum Gasteiger partial charge on any atom is 0.347 e. The van der Waals surface area contributed by atoms with Crippen molar-refractivity contribution < 1.29 is 13.9 Å². The van der Waals surface area contributed by atoms with Crippen molar-refractivity contribution in [3.8, 4) is 0 Å². The van der Waals surface area contributed by atoms with Crippen molar-refractivity contribution in [1.29, 1.82) is 0 Å². The van der Waals surface area contributed by atoms with Crippen LogP contribution in [-0.4, -0.2) is 16.8 Å². The lowest BCUT2D eigenvalue weighted by Crippen LogP contribution is -2.21. The van der Waals surface area contributed by atoms with Crippen LogP contribution in [0.5, 0.6) is 0 Å². The van der Waals surface area contributed by atoms with Gasteiger partial charge in [0, 0.05) is 10.7 Å². The largest absolute Gasteiger partial charge is 0.762 e. The number of anilines is 1. The minimum absolute atomic E-state index is 0.0192. The number of rotatable bonds is 5. The summed E-state index contributed by atoms with van der Waals surface area (Å²) in [7, 11) is 0. The molecule has 1 heterocycles. The molecule has 0 aliphatic rings. The molecule has 0 spiro atoms. The third-order valence-corrected chi connectivity index (χ3v) is 3.13. The van der Waals surface area contributed by atoms with Crippen molar-refractivity contribution in [3.05, 3.63) is 64.4 Å². The van der Waals surface area contributed by atoms with Gasteiger partial charge in [-0.2, -0.15) is 0 Å². The molecule has 0 saturated carbocycles. The number of furan rings is 1. The summed E-state index contributed by atoms with van der Waals surface area (Å²) in [5, 5.41) is 12.4. The maximum atomic E-state index is 11.9. The van der Waals surface area contributed by atoms with Gasteiger partial charge in [0.25, 0.3) is 0 Å². The predicted octanol–water partition coefficient (Wildman–Crippen LogP) is 3.58. The smallest absolute Gasteiger partial charge is 0.347 e. The molecule has 0 radical (unpaired) electrons. The zero-order valence-electron chi connectivity index (χ0n) is 11.2. The van der Waals surface area contributed by atoms with E-state index < -0.39 is 5.97 Å². The standard InChI is InChI=1S/C15H10ClN2O3S/c16-10-3-5-11(6-4-10)18-14(22)13(8-17)15(19)21-9-12-2-1-7-20-12/h1-7H,9H2,(H,18,22)/q-1. The van der Waals surface area contributed by atoms with Crippen LogP contribution >= 0.6 is 23.8 Å². The highest BCUT2D eigenvalue weighted by molar-refractivity contribution is 7.81. The first-order valence-corrected chi connectivity index (χ1v) is 6.92. The third kappa shape index (κ3) is 4.30. The van der Waals surface area contributed by atoms with Crippen LogP contribution in [0.1, 0.15) is 5.76 Å². The fraction of sp³-hybridized carbons (Fsp3) is 0.0667. The van der Waals surface area contributed by atoms with E-state index in [0.717, 1.165) is 0 Å². The van der Waals surface area contributed by atoms with E-state index in [1.54, 1.807) is 42.3 Å². The molecule has 1 aromatic carbocycles. The molecule has 22 heavy (non-hydrogen) atoms. The van der Waals surface area contributed by atoms with Crippen LogP contribution in [0.25, 0.3) is 5.41 Å². The summed E-state index contributed by atoms with van der Waals surface area (Å²) in [6.07, 6.45) is 1.46. The summed E-state index contributed by atoms with van der Waals surface area (Å²) in [6.45, 7) is -0.0689. The summed E-state index contributed by atoms with van der Waals surface area (Å²) < 4.78 is 10.0. The molecule has 0 atom stereocenters. The van der Waals surface area contributed by atoms with Crippen molar-refractivity contribution in [2.24, 2.45) is 0 Å². The van der Waals surface area contributed by atoms with Crippen LogP contribution in [0.15, 0.2) is 52.7 Å². The van der Waals surface area contributed by atoms with Gasteiger partial charge in [0.1, 0.15) is 22.9 Å². The quantitative estimate of drug-likeness (QED) is 0.392. The molecular formula is C15H10ClN2O3S-. The number of hydrogen-bond donors (Lipinski definition) is 1. The van der Waals surface area contributed by atoms with Crippen LogP contribution in [-0.2, 0) is 16.1 Å². The van der Waals surface area contributed by atoms with Crippen LogP contribution in [0.3, 0.4) is 0 Å². The number of nitrogens with zero attached hydrogens (tertiary/aromatic N) is 1. The number of esters is 1. The Hall–Kier alpha value is -2.40. The second kappa shape index (κ2) is 7.56.